The number of nitrogens with zero attached hydrogens (tertiary/aromatic N) is 1. The van der Waals surface area contributed by atoms with E-state index >= 15 is 0 Å². The maximum atomic E-state index is 12.1. The Labute approximate surface area is 124 Å². The number of hydrogen-bond donors (Lipinski definition) is 1. The average molecular weight is 301 g/mol. The lowest BCUT2D eigenvalue weighted by Crippen LogP contribution is -2.58. The summed E-state index contributed by atoms with van der Waals surface area (Å²) in [6.07, 6.45) is -0.510. The zero-order chi connectivity index (χ0) is 15.6. The van der Waals surface area contributed by atoms with Crippen molar-refractivity contribution in [1.29, 1.82) is 0 Å². The maximum Gasteiger partial charge on any atom is 0.410 e. The number of ether oxygens (including phenoxy) is 3. The van der Waals surface area contributed by atoms with Gasteiger partial charge in [-0.05, 0) is 20.8 Å². The highest BCUT2D eigenvalue weighted by atomic mass is 16.6. The van der Waals surface area contributed by atoms with Crippen LogP contribution in [0.15, 0.2) is 0 Å². The molecule has 7 heteroatoms. The van der Waals surface area contributed by atoms with Gasteiger partial charge in [0.05, 0.1) is 19.3 Å². The first-order valence-corrected chi connectivity index (χ1v) is 7.15. The summed E-state index contributed by atoms with van der Waals surface area (Å²) in [5.74, 6) is -1.00. The van der Waals surface area contributed by atoms with Crippen LogP contribution in [-0.4, -0.2) is 66.7 Å². The molecule has 0 saturated carbocycles. The number of fused-ring (bicyclic) bond motifs is 2. The molecule has 2 saturated heterocycles. The Balaban J connectivity index is 1.97. The molecule has 0 radical (unpaired) electrons. The minimum Gasteiger partial charge on any atom is -0.480 e. The number of rotatable bonds is 3. The van der Waals surface area contributed by atoms with E-state index in [9.17, 15) is 9.59 Å². The Bertz CT molecular complexity index is 391. The first kappa shape index (κ1) is 16.0. The van der Waals surface area contributed by atoms with Crippen molar-refractivity contribution in [2.45, 2.75) is 32.5 Å². The Kier molecular flexibility index (Phi) is 4.73. The fourth-order valence-electron chi connectivity index (χ4n) is 2.81. The second-order valence-electron chi connectivity index (χ2n) is 6.61. The van der Waals surface area contributed by atoms with Crippen LogP contribution < -0.4 is 0 Å². The third kappa shape index (κ3) is 4.31. The van der Waals surface area contributed by atoms with Gasteiger partial charge in [-0.1, -0.05) is 0 Å². The van der Waals surface area contributed by atoms with Crippen molar-refractivity contribution < 1.29 is 28.9 Å². The van der Waals surface area contributed by atoms with Crippen LogP contribution in [0.3, 0.4) is 0 Å². The zero-order valence-corrected chi connectivity index (χ0v) is 12.7. The summed E-state index contributed by atoms with van der Waals surface area (Å²) in [7, 11) is 0. The van der Waals surface area contributed by atoms with Crippen molar-refractivity contribution in [2.24, 2.45) is 11.8 Å². The molecule has 1 N–H and O–H groups in total. The predicted octanol–water partition coefficient (Wildman–Crippen LogP) is 0.970. The summed E-state index contributed by atoms with van der Waals surface area (Å²) in [6.45, 7) is 7.06. The van der Waals surface area contributed by atoms with Crippen molar-refractivity contribution in [1.82, 2.24) is 4.90 Å². The SMILES string of the molecule is CC(C)(C)OC(=O)N1CC2COCC(C1)C2OCC(=O)O. The van der Waals surface area contributed by atoms with Gasteiger partial charge in [0.25, 0.3) is 0 Å². The number of hydrogen-bond acceptors (Lipinski definition) is 5. The van der Waals surface area contributed by atoms with Crippen LogP contribution in [0.1, 0.15) is 20.8 Å². The van der Waals surface area contributed by atoms with Crippen molar-refractivity contribution in [3.05, 3.63) is 0 Å². The van der Waals surface area contributed by atoms with Gasteiger partial charge in [-0.2, -0.15) is 0 Å². The Morgan fingerprint density at radius 3 is 2.29 bits per heavy atom. The van der Waals surface area contributed by atoms with E-state index in [1.165, 1.54) is 0 Å². The Morgan fingerprint density at radius 2 is 1.81 bits per heavy atom. The predicted molar refractivity (Wildman–Crippen MR) is 73.0 cm³/mol. The molecule has 2 aliphatic rings. The Hall–Kier alpha value is -1.34. The number of amides is 1. The Morgan fingerprint density at radius 1 is 1.24 bits per heavy atom. The van der Waals surface area contributed by atoms with E-state index in [0.717, 1.165) is 0 Å². The monoisotopic (exact) mass is 301 g/mol. The molecule has 2 aliphatic heterocycles. The summed E-state index contributed by atoms with van der Waals surface area (Å²) < 4.78 is 16.4. The average Bonchev–Trinajstić information content (AvgIpc) is 2.32. The standard InChI is InChI=1S/C14H23NO6/c1-14(2,3)21-13(18)15-4-9-6-19-7-10(5-15)12(9)20-8-11(16)17/h9-10,12H,4-8H2,1-3H3,(H,16,17). The van der Waals surface area contributed by atoms with Crippen molar-refractivity contribution in [2.75, 3.05) is 32.9 Å². The van der Waals surface area contributed by atoms with Crippen LogP contribution in [0.4, 0.5) is 4.79 Å². The van der Waals surface area contributed by atoms with Crippen LogP contribution >= 0.6 is 0 Å². The number of carboxylic acids is 1. The molecule has 1 amide bonds. The number of piperidine rings is 1. The fourth-order valence-corrected chi connectivity index (χ4v) is 2.81. The largest absolute Gasteiger partial charge is 0.480 e. The van der Waals surface area contributed by atoms with Crippen LogP contribution in [-0.2, 0) is 19.0 Å². The number of aliphatic carboxylic acids is 1. The summed E-state index contributed by atoms with van der Waals surface area (Å²) in [6, 6.07) is 0. The molecule has 0 aromatic heterocycles. The van der Waals surface area contributed by atoms with E-state index in [0.29, 0.717) is 26.3 Å². The molecule has 2 rings (SSSR count). The first-order valence-electron chi connectivity index (χ1n) is 7.15. The van der Waals surface area contributed by atoms with Crippen molar-refractivity contribution >= 4 is 12.1 Å². The van der Waals surface area contributed by atoms with E-state index in [1.54, 1.807) is 4.90 Å². The van der Waals surface area contributed by atoms with E-state index in [-0.39, 0.29) is 30.6 Å². The van der Waals surface area contributed by atoms with Gasteiger partial charge in [0.2, 0.25) is 0 Å². The molecular weight excluding hydrogens is 278 g/mol. The second kappa shape index (κ2) is 6.19. The summed E-state index contributed by atoms with van der Waals surface area (Å²) in [5.41, 5.74) is -0.528. The molecule has 2 bridgehead atoms. The van der Waals surface area contributed by atoms with Crippen LogP contribution in [0, 0.1) is 11.8 Å². The number of carbonyl (C=O) groups is 2. The van der Waals surface area contributed by atoms with E-state index in [1.807, 2.05) is 20.8 Å². The van der Waals surface area contributed by atoms with Gasteiger partial charge in [-0.15, -0.1) is 0 Å². The second-order valence-corrected chi connectivity index (χ2v) is 6.61. The van der Waals surface area contributed by atoms with Crippen molar-refractivity contribution in [3.8, 4) is 0 Å². The van der Waals surface area contributed by atoms with E-state index in [4.69, 9.17) is 19.3 Å². The lowest BCUT2D eigenvalue weighted by Gasteiger charge is -2.46. The lowest BCUT2D eigenvalue weighted by atomic mass is 9.84. The first-order chi connectivity index (χ1) is 9.76. The topological polar surface area (TPSA) is 85.3 Å². The molecule has 0 aromatic rings. The van der Waals surface area contributed by atoms with Gasteiger partial charge in [0, 0.05) is 24.9 Å². The van der Waals surface area contributed by atoms with Gasteiger partial charge in [-0.25, -0.2) is 9.59 Å². The minimum atomic E-state index is -0.983. The van der Waals surface area contributed by atoms with Gasteiger partial charge >= 0.3 is 12.1 Å². The summed E-state index contributed by atoms with van der Waals surface area (Å²) in [5, 5.41) is 8.73. The fraction of sp³-hybridized carbons (Fsp3) is 0.857. The lowest BCUT2D eigenvalue weighted by molar-refractivity contribution is -0.166. The van der Waals surface area contributed by atoms with Gasteiger partial charge < -0.3 is 24.2 Å². The highest BCUT2D eigenvalue weighted by molar-refractivity contribution is 5.68. The third-order valence-electron chi connectivity index (χ3n) is 3.55. The number of carbonyl (C=O) groups excluding carboxylic acids is 1. The van der Waals surface area contributed by atoms with Crippen LogP contribution in [0.5, 0.6) is 0 Å². The van der Waals surface area contributed by atoms with E-state index in [2.05, 4.69) is 0 Å². The summed E-state index contributed by atoms with van der Waals surface area (Å²) in [4.78, 5) is 24.5. The molecule has 7 nitrogen and oxygen atoms in total. The maximum absolute atomic E-state index is 12.1. The molecule has 21 heavy (non-hydrogen) atoms. The molecule has 2 fully saturated rings. The third-order valence-corrected chi connectivity index (χ3v) is 3.55. The molecule has 2 atom stereocenters. The normalized spacial score (nSPS) is 29.1. The molecular formula is C14H23NO6. The van der Waals surface area contributed by atoms with E-state index < -0.39 is 11.6 Å². The highest BCUT2D eigenvalue weighted by Gasteiger charge is 2.43. The molecule has 2 unspecified atom stereocenters. The quantitative estimate of drug-likeness (QED) is 0.836. The molecule has 120 valence electrons. The molecule has 2 heterocycles. The van der Waals surface area contributed by atoms with Gasteiger partial charge in [0.1, 0.15) is 12.2 Å². The van der Waals surface area contributed by atoms with Gasteiger partial charge in [-0.3, -0.25) is 0 Å². The van der Waals surface area contributed by atoms with Crippen LogP contribution in [0.2, 0.25) is 0 Å². The zero-order valence-electron chi connectivity index (χ0n) is 12.7. The molecule has 0 aromatic carbocycles. The molecule has 0 aliphatic carbocycles. The smallest absolute Gasteiger partial charge is 0.410 e. The number of likely N-dealkylation sites (tertiary alicyclic amines) is 1. The van der Waals surface area contributed by atoms with Crippen molar-refractivity contribution in [3.63, 3.8) is 0 Å². The molecule has 0 spiro atoms. The highest BCUT2D eigenvalue weighted by Crippen LogP contribution is 2.31. The van der Waals surface area contributed by atoms with Crippen LogP contribution in [0.25, 0.3) is 0 Å². The number of carboxylic acid groups (broad SMARTS) is 1. The van der Waals surface area contributed by atoms with Gasteiger partial charge in [0.15, 0.2) is 0 Å². The summed E-state index contributed by atoms with van der Waals surface area (Å²) >= 11 is 0. The minimum absolute atomic E-state index is 0.00984.